The molecule has 0 aromatic heterocycles. The summed E-state index contributed by atoms with van der Waals surface area (Å²) in [5.41, 5.74) is 20.6. The minimum Gasteiger partial charge on any atom is -0.480 e. The van der Waals surface area contributed by atoms with E-state index in [1.807, 2.05) is 0 Å². The molecule has 28 heavy (non-hydrogen) atoms. The van der Waals surface area contributed by atoms with Gasteiger partial charge in [-0.1, -0.05) is 0 Å². The molecule has 2 unspecified atom stereocenters. The smallest absolute Gasteiger partial charge is 0.326 e. The first-order chi connectivity index (χ1) is 13.0. The molecule has 0 aromatic carbocycles. The number of primary amides is 1. The minimum atomic E-state index is -1.25. The largest absolute Gasteiger partial charge is 0.480 e. The lowest BCUT2D eigenvalue weighted by Crippen LogP contribution is -2.49. The standard InChI is InChI=1S/C14H26N8O6/c15-7(4-9(16)23)12(26)21-5-10(24)20-6-11(25)22-8(13(27)28)2-1-3-19-14(17)18/h7-8H,1-6,15H2,(H2,16,23)(H,20,24)(H,21,26)(H,22,25)(H,27,28)(H4,17,18,19). The van der Waals surface area contributed by atoms with E-state index in [0.29, 0.717) is 6.42 Å². The van der Waals surface area contributed by atoms with Crippen LogP contribution in [0, 0.1) is 0 Å². The lowest BCUT2D eigenvalue weighted by molar-refractivity contribution is -0.142. The van der Waals surface area contributed by atoms with Crippen LogP contribution in [0.15, 0.2) is 4.99 Å². The summed E-state index contributed by atoms with van der Waals surface area (Å²) < 4.78 is 0. The molecule has 14 nitrogen and oxygen atoms in total. The van der Waals surface area contributed by atoms with Gasteiger partial charge in [0.2, 0.25) is 23.6 Å². The van der Waals surface area contributed by atoms with Crippen LogP contribution in [0.1, 0.15) is 19.3 Å². The number of nitrogens with two attached hydrogens (primary N) is 4. The number of hydrogen-bond acceptors (Lipinski definition) is 7. The molecule has 0 aliphatic heterocycles. The fraction of sp³-hybridized carbons (Fsp3) is 0.571. The van der Waals surface area contributed by atoms with E-state index in [4.69, 9.17) is 28.0 Å². The van der Waals surface area contributed by atoms with Crippen LogP contribution in [-0.2, 0) is 24.0 Å². The molecule has 0 aromatic rings. The van der Waals surface area contributed by atoms with Crippen molar-refractivity contribution in [2.24, 2.45) is 27.9 Å². The molecular formula is C14H26N8O6. The van der Waals surface area contributed by atoms with Gasteiger partial charge < -0.3 is 44.0 Å². The van der Waals surface area contributed by atoms with Crippen molar-refractivity contribution < 1.29 is 29.1 Å². The Hall–Kier alpha value is -3.42. The summed E-state index contributed by atoms with van der Waals surface area (Å²) >= 11 is 0. The van der Waals surface area contributed by atoms with Crippen LogP contribution in [0.2, 0.25) is 0 Å². The van der Waals surface area contributed by atoms with Crippen molar-refractivity contribution >= 4 is 35.6 Å². The number of carbonyl (C=O) groups excluding carboxylic acids is 4. The number of nitrogens with zero attached hydrogens (tertiary/aromatic N) is 1. The van der Waals surface area contributed by atoms with Crippen molar-refractivity contribution in [2.75, 3.05) is 19.6 Å². The molecule has 0 saturated carbocycles. The van der Waals surface area contributed by atoms with E-state index in [1.165, 1.54) is 0 Å². The lowest BCUT2D eigenvalue weighted by Gasteiger charge is -2.14. The molecule has 0 aliphatic rings. The van der Waals surface area contributed by atoms with Crippen LogP contribution in [-0.4, -0.2) is 72.4 Å². The van der Waals surface area contributed by atoms with Crippen molar-refractivity contribution in [1.29, 1.82) is 0 Å². The Morgan fingerprint density at radius 1 is 0.964 bits per heavy atom. The van der Waals surface area contributed by atoms with E-state index < -0.39 is 54.8 Å². The summed E-state index contributed by atoms with van der Waals surface area (Å²) in [5.74, 6) is -4.35. The summed E-state index contributed by atoms with van der Waals surface area (Å²) in [4.78, 5) is 60.4. The van der Waals surface area contributed by atoms with Crippen LogP contribution in [0.3, 0.4) is 0 Å². The fourth-order valence-corrected chi connectivity index (χ4v) is 1.86. The molecule has 0 fully saturated rings. The topological polar surface area (TPSA) is 258 Å². The average Bonchev–Trinajstić information content (AvgIpc) is 2.59. The Bertz CT molecular complexity index is 619. The van der Waals surface area contributed by atoms with E-state index >= 15 is 0 Å². The SMILES string of the molecule is NC(=O)CC(N)C(=O)NCC(=O)NCC(=O)NC(CCCN=C(N)N)C(=O)O. The van der Waals surface area contributed by atoms with Gasteiger partial charge in [-0.05, 0) is 12.8 Å². The molecule has 0 saturated heterocycles. The van der Waals surface area contributed by atoms with Crippen molar-refractivity contribution in [3.63, 3.8) is 0 Å². The Morgan fingerprint density at radius 2 is 1.57 bits per heavy atom. The zero-order chi connectivity index (χ0) is 21.7. The quantitative estimate of drug-likeness (QED) is 0.0832. The van der Waals surface area contributed by atoms with Gasteiger partial charge in [-0.2, -0.15) is 0 Å². The number of rotatable bonds is 13. The summed E-state index contributed by atoms with van der Waals surface area (Å²) in [6.07, 6.45) is 0.0221. The van der Waals surface area contributed by atoms with E-state index in [1.54, 1.807) is 0 Å². The highest BCUT2D eigenvalue weighted by atomic mass is 16.4. The zero-order valence-electron chi connectivity index (χ0n) is 15.1. The Morgan fingerprint density at radius 3 is 2.11 bits per heavy atom. The predicted molar refractivity (Wildman–Crippen MR) is 97.3 cm³/mol. The van der Waals surface area contributed by atoms with E-state index in [2.05, 4.69) is 20.9 Å². The number of hydrogen-bond donors (Lipinski definition) is 8. The molecule has 0 rings (SSSR count). The predicted octanol–water partition coefficient (Wildman–Crippen LogP) is -4.96. The maximum atomic E-state index is 11.8. The third kappa shape index (κ3) is 12.0. The van der Waals surface area contributed by atoms with Gasteiger partial charge >= 0.3 is 5.97 Å². The molecule has 12 N–H and O–H groups in total. The molecule has 0 bridgehead atoms. The van der Waals surface area contributed by atoms with Crippen molar-refractivity contribution in [3.8, 4) is 0 Å². The maximum Gasteiger partial charge on any atom is 0.326 e. The first-order valence-electron chi connectivity index (χ1n) is 8.18. The Balaban J connectivity index is 4.23. The third-order valence-corrected chi connectivity index (χ3v) is 3.21. The van der Waals surface area contributed by atoms with E-state index in [-0.39, 0.29) is 25.3 Å². The molecule has 0 heterocycles. The highest BCUT2D eigenvalue weighted by Gasteiger charge is 2.20. The number of aliphatic carboxylic acids is 1. The molecule has 0 aliphatic carbocycles. The number of carbonyl (C=O) groups is 5. The van der Waals surface area contributed by atoms with Crippen molar-refractivity contribution in [2.45, 2.75) is 31.3 Å². The Labute approximate surface area is 160 Å². The summed E-state index contributed by atoms with van der Waals surface area (Å²) in [6.45, 7) is -0.782. The summed E-state index contributed by atoms with van der Waals surface area (Å²) in [7, 11) is 0. The highest BCUT2D eigenvalue weighted by molar-refractivity contribution is 5.92. The number of nitrogens with one attached hydrogen (secondary N) is 3. The molecule has 0 radical (unpaired) electrons. The third-order valence-electron chi connectivity index (χ3n) is 3.21. The molecule has 158 valence electrons. The summed E-state index contributed by atoms with van der Waals surface area (Å²) in [6, 6.07) is -2.37. The maximum absolute atomic E-state index is 11.8. The van der Waals surface area contributed by atoms with Crippen LogP contribution >= 0.6 is 0 Å². The van der Waals surface area contributed by atoms with Gasteiger partial charge in [-0.15, -0.1) is 0 Å². The monoisotopic (exact) mass is 402 g/mol. The van der Waals surface area contributed by atoms with Crippen LogP contribution in [0.25, 0.3) is 0 Å². The van der Waals surface area contributed by atoms with Crippen molar-refractivity contribution in [1.82, 2.24) is 16.0 Å². The molecule has 0 spiro atoms. The van der Waals surface area contributed by atoms with Crippen LogP contribution in [0.5, 0.6) is 0 Å². The normalized spacial score (nSPS) is 12.2. The fourth-order valence-electron chi connectivity index (χ4n) is 1.86. The first kappa shape index (κ1) is 24.6. The summed E-state index contributed by atoms with van der Waals surface area (Å²) in [5, 5.41) is 15.7. The molecule has 2 atom stereocenters. The number of amides is 4. The second-order valence-corrected chi connectivity index (χ2v) is 5.68. The second-order valence-electron chi connectivity index (χ2n) is 5.68. The van der Waals surface area contributed by atoms with E-state index in [0.717, 1.165) is 0 Å². The first-order valence-corrected chi connectivity index (χ1v) is 8.18. The van der Waals surface area contributed by atoms with Gasteiger partial charge in [0.05, 0.1) is 25.6 Å². The van der Waals surface area contributed by atoms with Gasteiger partial charge in [-0.25, -0.2) is 4.79 Å². The van der Waals surface area contributed by atoms with Crippen molar-refractivity contribution in [3.05, 3.63) is 0 Å². The number of carboxylic acid groups (broad SMARTS) is 1. The molecular weight excluding hydrogens is 376 g/mol. The number of guanidine groups is 1. The number of aliphatic imine (C=N–C) groups is 1. The zero-order valence-corrected chi connectivity index (χ0v) is 15.1. The lowest BCUT2D eigenvalue weighted by atomic mass is 10.1. The number of carboxylic acids is 1. The van der Waals surface area contributed by atoms with Gasteiger partial charge in [0.1, 0.15) is 6.04 Å². The van der Waals surface area contributed by atoms with Crippen LogP contribution < -0.4 is 38.9 Å². The van der Waals surface area contributed by atoms with Gasteiger partial charge in [0, 0.05) is 6.54 Å². The molecule has 4 amide bonds. The highest BCUT2D eigenvalue weighted by Crippen LogP contribution is 1.98. The minimum absolute atomic E-state index is 0.0829. The van der Waals surface area contributed by atoms with Gasteiger partial charge in [0.25, 0.3) is 0 Å². The van der Waals surface area contributed by atoms with Gasteiger partial charge in [-0.3, -0.25) is 24.2 Å². The second kappa shape index (κ2) is 12.9. The molecule has 14 heteroatoms. The Kier molecular flexibility index (Phi) is 11.3. The van der Waals surface area contributed by atoms with Gasteiger partial charge in [0.15, 0.2) is 5.96 Å². The van der Waals surface area contributed by atoms with E-state index in [9.17, 15) is 24.0 Å². The van der Waals surface area contributed by atoms with Crippen LogP contribution in [0.4, 0.5) is 0 Å². The average molecular weight is 402 g/mol.